The summed E-state index contributed by atoms with van der Waals surface area (Å²) in [5.41, 5.74) is 4.41. The third-order valence-corrected chi connectivity index (χ3v) is 17.1. The van der Waals surface area contributed by atoms with Crippen LogP contribution in [0.1, 0.15) is 22.2 Å². The van der Waals surface area contributed by atoms with Crippen LogP contribution in [0.4, 0.5) is 0 Å². The van der Waals surface area contributed by atoms with Crippen LogP contribution in [0.2, 0.25) is 36.2 Å². The Kier molecular flexibility index (Phi) is 9.03. The van der Waals surface area contributed by atoms with E-state index in [-0.39, 0.29) is 24.3 Å². The van der Waals surface area contributed by atoms with Gasteiger partial charge in [0, 0.05) is 34.3 Å². The molecule has 0 aromatic heterocycles. The molecule has 2 atom stereocenters. The Hall–Kier alpha value is -2.19. The summed E-state index contributed by atoms with van der Waals surface area (Å²) in [6.45, 7) is 9.34. The number of benzene rings is 4. The van der Waals surface area contributed by atoms with Crippen molar-refractivity contribution >= 4 is 49.7 Å². The molecular formula is C32H36Cl2O2Si2. The Bertz CT molecular complexity index is 1260. The first-order chi connectivity index (χ1) is 18.1. The normalized spacial score (nSPS) is 13.8. The van der Waals surface area contributed by atoms with E-state index in [0.29, 0.717) is 10.0 Å². The number of aliphatic hydroxyl groups is 2. The average molecular weight is 580 g/mol. The van der Waals surface area contributed by atoms with Gasteiger partial charge in [-0.1, -0.05) is 145 Å². The van der Waals surface area contributed by atoms with Crippen LogP contribution in [-0.4, -0.2) is 39.6 Å². The van der Waals surface area contributed by atoms with Gasteiger partial charge in [0.1, 0.15) is 0 Å². The molecular weight excluding hydrogens is 543 g/mol. The van der Waals surface area contributed by atoms with Gasteiger partial charge in [0.05, 0.1) is 16.1 Å². The Labute approximate surface area is 238 Å². The number of hydrogen-bond donors (Lipinski definition) is 2. The third kappa shape index (κ3) is 5.72. The highest BCUT2D eigenvalue weighted by atomic mass is 35.5. The van der Waals surface area contributed by atoms with E-state index < -0.39 is 16.1 Å². The van der Waals surface area contributed by atoms with Crippen molar-refractivity contribution in [2.75, 3.05) is 13.2 Å². The molecule has 0 aliphatic heterocycles. The second-order valence-corrected chi connectivity index (χ2v) is 21.4. The standard InChI is InChI=1S/C32H36Cl2O2Si2/c1-37(2,31(21-35)27-9-5-7-11-29(27)33)25-17-13-23(14-18-25)24-15-19-26(20-16-24)38(3,4)32(22-36)28-10-6-8-12-30(28)34/h5-20,31-32,35-36H,21-22H2,1-4H3. The van der Waals surface area contributed by atoms with Gasteiger partial charge < -0.3 is 10.2 Å². The fourth-order valence-corrected chi connectivity index (χ4v) is 12.1. The number of hydrogen-bond acceptors (Lipinski definition) is 2. The fourth-order valence-electron chi connectivity index (χ4n) is 5.53. The van der Waals surface area contributed by atoms with Crippen LogP contribution in [0.25, 0.3) is 11.1 Å². The van der Waals surface area contributed by atoms with Crippen molar-refractivity contribution in [1.82, 2.24) is 0 Å². The Morgan fingerprint density at radius 2 is 0.842 bits per heavy atom. The molecule has 0 radical (unpaired) electrons. The predicted octanol–water partition coefficient (Wildman–Crippen LogP) is 7.12. The summed E-state index contributed by atoms with van der Waals surface area (Å²) in [5.74, 6) is 0. The van der Waals surface area contributed by atoms with Crippen molar-refractivity contribution in [2.45, 2.75) is 37.3 Å². The van der Waals surface area contributed by atoms with Crippen LogP contribution in [0.5, 0.6) is 0 Å². The van der Waals surface area contributed by atoms with Gasteiger partial charge in [-0.25, -0.2) is 0 Å². The summed E-state index contributed by atoms with van der Waals surface area (Å²) >= 11 is 13.0. The van der Waals surface area contributed by atoms with Crippen molar-refractivity contribution in [3.63, 3.8) is 0 Å². The minimum atomic E-state index is -2.06. The van der Waals surface area contributed by atoms with E-state index in [1.807, 2.05) is 48.5 Å². The van der Waals surface area contributed by atoms with Gasteiger partial charge >= 0.3 is 0 Å². The predicted molar refractivity (Wildman–Crippen MR) is 169 cm³/mol. The maximum Gasteiger partial charge on any atom is 0.0906 e. The maximum atomic E-state index is 10.3. The summed E-state index contributed by atoms with van der Waals surface area (Å²) in [6, 6.07) is 33.3. The second kappa shape index (κ2) is 11.9. The zero-order chi connectivity index (χ0) is 27.5. The van der Waals surface area contributed by atoms with E-state index in [2.05, 4.69) is 74.7 Å². The number of halogens is 2. The first-order valence-electron chi connectivity index (χ1n) is 13.0. The maximum absolute atomic E-state index is 10.3. The van der Waals surface area contributed by atoms with Gasteiger partial charge in [0.2, 0.25) is 0 Å². The molecule has 4 rings (SSSR count). The van der Waals surface area contributed by atoms with E-state index in [1.54, 1.807) is 0 Å². The molecule has 6 heteroatoms. The molecule has 2 unspecified atom stereocenters. The molecule has 2 nitrogen and oxygen atoms in total. The molecule has 4 aromatic rings. The highest BCUT2D eigenvalue weighted by Crippen LogP contribution is 2.33. The summed E-state index contributed by atoms with van der Waals surface area (Å²) in [6.07, 6.45) is 0. The molecule has 0 aliphatic rings. The van der Waals surface area contributed by atoms with E-state index in [0.717, 1.165) is 22.3 Å². The fraction of sp³-hybridized carbons (Fsp3) is 0.250. The van der Waals surface area contributed by atoms with Gasteiger partial charge in [-0.15, -0.1) is 0 Å². The van der Waals surface area contributed by atoms with Crippen LogP contribution in [-0.2, 0) is 0 Å². The highest BCUT2D eigenvalue weighted by molar-refractivity contribution is 6.91. The lowest BCUT2D eigenvalue weighted by Crippen LogP contribution is -2.49. The average Bonchev–Trinajstić information content (AvgIpc) is 2.91. The summed E-state index contributed by atoms with van der Waals surface area (Å²) < 4.78 is 0. The zero-order valence-corrected chi connectivity index (χ0v) is 26.0. The summed E-state index contributed by atoms with van der Waals surface area (Å²) in [7, 11) is -4.11. The monoisotopic (exact) mass is 578 g/mol. The van der Waals surface area contributed by atoms with Crippen LogP contribution in [0.3, 0.4) is 0 Å². The van der Waals surface area contributed by atoms with Crippen LogP contribution >= 0.6 is 23.2 Å². The van der Waals surface area contributed by atoms with Gasteiger partial charge in [-0.3, -0.25) is 0 Å². The van der Waals surface area contributed by atoms with Crippen molar-refractivity contribution in [2.24, 2.45) is 0 Å². The van der Waals surface area contributed by atoms with Crippen molar-refractivity contribution < 1.29 is 10.2 Å². The van der Waals surface area contributed by atoms with Crippen molar-refractivity contribution in [3.05, 3.63) is 118 Å². The lowest BCUT2D eigenvalue weighted by molar-refractivity contribution is 0.290. The molecule has 0 saturated heterocycles. The molecule has 0 bridgehead atoms. The first-order valence-corrected chi connectivity index (χ1v) is 19.9. The van der Waals surface area contributed by atoms with Crippen molar-refractivity contribution in [3.8, 4) is 11.1 Å². The van der Waals surface area contributed by atoms with Gasteiger partial charge in [-0.05, 0) is 34.4 Å². The van der Waals surface area contributed by atoms with Crippen LogP contribution < -0.4 is 10.4 Å². The molecule has 198 valence electrons. The number of aliphatic hydroxyl groups excluding tert-OH is 2. The molecule has 0 heterocycles. The molecule has 4 aromatic carbocycles. The molecule has 0 saturated carbocycles. The largest absolute Gasteiger partial charge is 0.396 e. The summed E-state index contributed by atoms with van der Waals surface area (Å²) in [4.78, 5) is 0. The quantitative estimate of drug-likeness (QED) is 0.207. The second-order valence-electron chi connectivity index (χ2n) is 11.1. The first kappa shape index (κ1) is 28.8. The minimum absolute atomic E-state index is 0.0195. The van der Waals surface area contributed by atoms with Crippen LogP contribution in [0, 0.1) is 0 Å². The van der Waals surface area contributed by atoms with Gasteiger partial charge in [0.15, 0.2) is 0 Å². The topological polar surface area (TPSA) is 40.5 Å². The SMILES string of the molecule is C[Si](C)(c1ccc(-c2ccc([Si](C)(C)C(CO)c3ccccc3Cl)cc2)cc1)C(CO)c1ccccc1Cl. The van der Waals surface area contributed by atoms with E-state index in [1.165, 1.54) is 10.4 Å². The minimum Gasteiger partial charge on any atom is -0.396 e. The van der Waals surface area contributed by atoms with E-state index in [9.17, 15) is 10.2 Å². The lowest BCUT2D eigenvalue weighted by Gasteiger charge is -2.33. The molecule has 0 amide bonds. The molecule has 0 fully saturated rings. The molecule has 0 spiro atoms. The Morgan fingerprint density at radius 1 is 0.526 bits per heavy atom. The van der Waals surface area contributed by atoms with Gasteiger partial charge in [0.25, 0.3) is 0 Å². The van der Waals surface area contributed by atoms with E-state index >= 15 is 0 Å². The lowest BCUT2D eigenvalue weighted by atomic mass is 10.1. The smallest absolute Gasteiger partial charge is 0.0906 e. The Balaban J connectivity index is 1.58. The Morgan fingerprint density at radius 3 is 1.13 bits per heavy atom. The zero-order valence-electron chi connectivity index (χ0n) is 22.5. The van der Waals surface area contributed by atoms with Gasteiger partial charge in [-0.2, -0.15) is 0 Å². The molecule has 38 heavy (non-hydrogen) atoms. The van der Waals surface area contributed by atoms with Crippen LogP contribution in [0.15, 0.2) is 97.1 Å². The third-order valence-electron chi connectivity index (χ3n) is 8.26. The molecule has 2 N–H and O–H groups in total. The number of rotatable bonds is 9. The van der Waals surface area contributed by atoms with E-state index in [4.69, 9.17) is 23.2 Å². The highest BCUT2D eigenvalue weighted by Gasteiger charge is 2.36. The molecule has 0 aliphatic carbocycles. The summed E-state index contributed by atoms with van der Waals surface area (Å²) in [5, 5.41) is 24.7. The van der Waals surface area contributed by atoms with Crippen molar-refractivity contribution in [1.29, 1.82) is 0 Å².